The first-order chi connectivity index (χ1) is 11.3. The molecule has 0 bridgehead atoms. The smallest absolute Gasteiger partial charge is 0.251 e. The van der Waals surface area contributed by atoms with Crippen molar-refractivity contribution < 1.29 is 9.59 Å². The summed E-state index contributed by atoms with van der Waals surface area (Å²) in [5.41, 5.74) is 7.37. The van der Waals surface area contributed by atoms with Crippen LogP contribution in [0.2, 0.25) is 10.0 Å². The monoisotopic (exact) mass is 382 g/mol. The first-order valence-electron chi connectivity index (χ1n) is 7.19. The molecular weight excluding hydrogens is 367 g/mol. The fraction of sp³-hybridized carbons (Fsp3) is 0.176. The molecule has 0 atom stereocenters. The second kappa shape index (κ2) is 7.83. The van der Waals surface area contributed by atoms with E-state index in [0.29, 0.717) is 32.6 Å². The van der Waals surface area contributed by atoms with Crippen LogP contribution in [0.25, 0.3) is 6.08 Å². The van der Waals surface area contributed by atoms with Crippen LogP contribution in [0.15, 0.2) is 24.3 Å². The van der Waals surface area contributed by atoms with Crippen molar-refractivity contribution in [1.82, 2.24) is 0 Å². The molecule has 0 unspecified atom stereocenters. The summed E-state index contributed by atoms with van der Waals surface area (Å²) in [7, 11) is 0. The fourth-order valence-corrected chi connectivity index (χ4v) is 3.93. The van der Waals surface area contributed by atoms with E-state index in [1.54, 1.807) is 24.3 Å². The van der Waals surface area contributed by atoms with Gasteiger partial charge >= 0.3 is 0 Å². The highest BCUT2D eigenvalue weighted by Crippen LogP contribution is 2.33. The van der Waals surface area contributed by atoms with Gasteiger partial charge in [-0.3, -0.25) is 9.59 Å². The number of amides is 2. The molecule has 4 nitrogen and oxygen atoms in total. The summed E-state index contributed by atoms with van der Waals surface area (Å²) in [5, 5.41) is 4.15. The van der Waals surface area contributed by atoms with E-state index in [4.69, 9.17) is 28.9 Å². The lowest BCUT2D eigenvalue weighted by molar-refractivity contribution is -0.111. The number of hydrogen-bond acceptors (Lipinski definition) is 3. The average molecular weight is 383 g/mol. The standard InChI is InChI=1S/C17H16Cl2N2O2S/c1-3-12-9(2)24-17(15(12)16(20)23)21-14(22)7-5-10-4-6-11(18)8-13(10)19/h4-8H,3H2,1-2H3,(H2,20,23)(H,21,22)/b7-5+. The van der Waals surface area contributed by atoms with Crippen LogP contribution in [0, 0.1) is 6.92 Å². The minimum Gasteiger partial charge on any atom is -0.365 e. The van der Waals surface area contributed by atoms with Gasteiger partial charge in [0.2, 0.25) is 5.91 Å². The number of thiophene rings is 1. The van der Waals surface area contributed by atoms with Gasteiger partial charge < -0.3 is 11.1 Å². The summed E-state index contributed by atoms with van der Waals surface area (Å²) in [5.74, 6) is -0.913. The van der Waals surface area contributed by atoms with E-state index < -0.39 is 5.91 Å². The molecule has 24 heavy (non-hydrogen) atoms. The number of hydrogen-bond donors (Lipinski definition) is 2. The van der Waals surface area contributed by atoms with Gasteiger partial charge in [-0.1, -0.05) is 36.2 Å². The summed E-state index contributed by atoms with van der Waals surface area (Å²) in [6.07, 6.45) is 3.60. The molecule has 0 aliphatic rings. The lowest BCUT2D eigenvalue weighted by Crippen LogP contribution is -2.16. The van der Waals surface area contributed by atoms with Crippen molar-refractivity contribution in [2.75, 3.05) is 5.32 Å². The van der Waals surface area contributed by atoms with Crippen LogP contribution in [0.5, 0.6) is 0 Å². The summed E-state index contributed by atoms with van der Waals surface area (Å²) in [6, 6.07) is 5.00. The lowest BCUT2D eigenvalue weighted by Gasteiger charge is -2.03. The maximum Gasteiger partial charge on any atom is 0.251 e. The molecule has 2 rings (SSSR count). The van der Waals surface area contributed by atoms with Gasteiger partial charge in [0.05, 0.1) is 5.56 Å². The molecule has 2 aromatic rings. The van der Waals surface area contributed by atoms with Gasteiger partial charge in [-0.05, 0) is 42.7 Å². The van der Waals surface area contributed by atoms with Gasteiger partial charge in [-0.15, -0.1) is 11.3 Å². The molecule has 126 valence electrons. The zero-order valence-corrected chi connectivity index (χ0v) is 15.5. The number of nitrogens with two attached hydrogens (primary N) is 1. The second-order valence-corrected chi connectivity index (χ2v) is 7.12. The zero-order valence-electron chi connectivity index (χ0n) is 13.2. The van der Waals surface area contributed by atoms with Crippen LogP contribution < -0.4 is 11.1 Å². The number of carbonyl (C=O) groups excluding carboxylic acids is 2. The quantitative estimate of drug-likeness (QED) is 0.736. The Balaban J connectivity index is 2.21. The van der Waals surface area contributed by atoms with Gasteiger partial charge in [-0.2, -0.15) is 0 Å². The van der Waals surface area contributed by atoms with Crippen LogP contribution in [-0.2, 0) is 11.2 Å². The van der Waals surface area contributed by atoms with E-state index in [-0.39, 0.29) is 5.91 Å². The van der Waals surface area contributed by atoms with Crippen LogP contribution in [-0.4, -0.2) is 11.8 Å². The van der Waals surface area contributed by atoms with Crippen LogP contribution >= 0.6 is 34.5 Å². The van der Waals surface area contributed by atoms with Gasteiger partial charge in [0.25, 0.3) is 5.91 Å². The normalized spacial score (nSPS) is 11.0. The number of anilines is 1. The van der Waals surface area contributed by atoms with E-state index in [2.05, 4.69) is 5.32 Å². The molecule has 1 aromatic carbocycles. The predicted octanol–water partition coefficient (Wildman–Crippen LogP) is 4.68. The number of nitrogens with one attached hydrogen (secondary N) is 1. The summed E-state index contributed by atoms with van der Waals surface area (Å²) in [4.78, 5) is 24.8. The minimum absolute atomic E-state index is 0.368. The highest BCUT2D eigenvalue weighted by atomic mass is 35.5. The Kier molecular flexibility index (Phi) is 6.04. The van der Waals surface area contributed by atoms with E-state index in [1.807, 2.05) is 13.8 Å². The summed E-state index contributed by atoms with van der Waals surface area (Å²) >= 11 is 13.2. The molecule has 0 aliphatic heterocycles. The molecule has 0 radical (unpaired) electrons. The Labute approximate surface area is 154 Å². The number of benzene rings is 1. The van der Waals surface area contributed by atoms with Gasteiger partial charge in [0.1, 0.15) is 5.00 Å². The molecule has 1 aromatic heterocycles. The Hall–Kier alpha value is -1.82. The van der Waals surface area contributed by atoms with Crippen LogP contribution in [0.3, 0.4) is 0 Å². The summed E-state index contributed by atoms with van der Waals surface area (Å²) < 4.78 is 0. The first kappa shape index (κ1) is 18.5. The van der Waals surface area contributed by atoms with Crippen molar-refractivity contribution in [2.24, 2.45) is 5.73 Å². The SMILES string of the molecule is CCc1c(C)sc(NC(=O)/C=C/c2ccc(Cl)cc2Cl)c1C(N)=O. The largest absolute Gasteiger partial charge is 0.365 e. The molecule has 0 spiro atoms. The van der Waals surface area contributed by atoms with Crippen molar-refractivity contribution >= 4 is 57.4 Å². The Morgan fingerprint density at radius 2 is 2.04 bits per heavy atom. The van der Waals surface area contributed by atoms with E-state index in [1.165, 1.54) is 17.4 Å². The van der Waals surface area contributed by atoms with Crippen molar-refractivity contribution in [3.63, 3.8) is 0 Å². The third kappa shape index (κ3) is 4.17. The highest BCUT2D eigenvalue weighted by molar-refractivity contribution is 7.16. The van der Waals surface area contributed by atoms with Gasteiger partial charge in [-0.25, -0.2) is 0 Å². The number of aryl methyl sites for hydroxylation is 1. The first-order valence-corrected chi connectivity index (χ1v) is 8.76. The second-order valence-electron chi connectivity index (χ2n) is 5.05. The highest BCUT2D eigenvalue weighted by Gasteiger charge is 2.19. The lowest BCUT2D eigenvalue weighted by atomic mass is 10.1. The van der Waals surface area contributed by atoms with Gasteiger partial charge in [0.15, 0.2) is 0 Å². The molecule has 0 saturated heterocycles. The van der Waals surface area contributed by atoms with Crippen molar-refractivity contribution in [2.45, 2.75) is 20.3 Å². The number of carbonyl (C=O) groups is 2. The molecule has 2 amide bonds. The molecule has 7 heteroatoms. The molecule has 1 heterocycles. The molecule has 0 aliphatic carbocycles. The third-order valence-corrected chi connectivity index (χ3v) is 5.05. The number of primary amides is 1. The maximum absolute atomic E-state index is 12.1. The fourth-order valence-electron chi connectivity index (χ4n) is 2.31. The molecule has 0 saturated carbocycles. The van der Waals surface area contributed by atoms with Crippen LogP contribution in [0.1, 0.15) is 33.3 Å². The third-order valence-electron chi connectivity index (χ3n) is 3.42. The van der Waals surface area contributed by atoms with E-state index >= 15 is 0 Å². The Morgan fingerprint density at radius 3 is 2.62 bits per heavy atom. The topological polar surface area (TPSA) is 72.2 Å². The van der Waals surface area contributed by atoms with Crippen molar-refractivity contribution in [3.8, 4) is 0 Å². The Bertz CT molecular complexity index is 828. The van der Waals surface area contributed by atoms with E-state index in [0.717, 1.165) is 10.4 Å². The maximum atomic E-state index is 12.1. The average Bonchev–Trinajstić information content (AvgIpc) is 2.81. The molecule has 3 N–H and O–H groups in total. The van der Waals surface area contributed by atoms with Gasteiger partial charge in [0, 0.05) is 21.0 Å². The van der Waals surface area contributed by atoms with Crippen molar-refractivity contribution in [1.29, 1.82) is 0 Å². The zero-order chi connectivity index (χ0) is 17.9. The number of halogens is 2. The molecular formula is C17H16Cl2N2O2S. The van der Waals surface area contributed by atoms with E-state index in [9.17, 15) is 9.59 Å². The Morgan fingerprint density at radius 1 is 1.33 bits per heavy atom. The predicted molar refractivity (Wildman–Crippen MR) is 101 cm³/mol. The number of rotatable bonds is 5. The summed E-state index contributed by atoms with van der Waals surface area (Å²) in [6.45, 7) is 3.84. The van der Waals surface area contributed by atoms with Crippen molar-refractivity contribution in [3.05, 3.63) is 55.9 Å². The minimum atomic E-state index is -0.545. The molecule has 0 fully saturated rings. The van der Waals surface area contributed by atoms with Crippen LogP contribution in [0.4, 0.5) is 5.00 Å².